The first-order chi connectivity index (χ1) is 8.70. The summed E-state index contributed by atoms with van der Waals surface area (Å²) < 4.78 is 0.817. The largest absolute Gasteiger partial charge is 0.369 e. The van der Waals surface area contributed by atoms with E-state index in [1.54, 1.807) is 11.3 Å². The molecule has 5 nitrogen and oxygen atoms in total. The quantitative estimate of drug-likeness (QED) is 0.580. The molecule has 0 aliphatic carbocycles. The van der Waals surface area contributed by atoms with E-state index >= 15 is 0 Å². The first kappa shape index (κ1) is 13.1. The van der Waals surface area contributed by atoms with Crippen molar-refractivity contribution in [3.63, 3.8) is 0 Å². The second kappa shape index (κ2) is 5.99. The average Bonchev–Trinajstić information content (AvgIpc) is 2.77. The second-order valence-electron chi connectivity index (χ2n) is 3.72. The monoisotopic (exact) mass is 283 g/mol. The third kappa shape index (κ3) is 3.10. The van der Waals surface area contributed by atoms with Crippen molar-refractivity contribution in [2.24, 2.45) is 5.84 Å². The van der Waals surface area contributed by atoms with Crippen molar-refractivity contribution >= 4 is 34.6 Å². The zero-order valence-electron chi connectivity index (χ0n) is 9.90. The normalized spacial score (nSPS) is 10.4. The molecule has 0 amide bonds. The lowest BCUT2D eigenvalue weighted by molar-refractivity contribution is 1.01. The van der Waals surface area contributed by atoms with E-state index in [1.165, 1.54) is 11.2 Å². The van der Waals surface area contributed by atoms with Crippen LogP contribution >= 0.6 is 22.9 Å². The number of nitrogen functional groups attached to an aromatic ring is 1. The van der Waals surface area contributed by atoms with E-state index in [0.29, 0.717) is 5.82 Å². The number of hydrazine groups is 1. The van der Waals surface area contributed by atoms with Gasteiger partial charge in [0.25, 0.3) is 0 Å². The van der Waals surface area contributed by atoms with Gasteiger partial charge in [-0.05, 0) is 25.5 Å². The highest BCUT2D eigenvalue weighted by atomic mass is 35.5. The fraction of sp³-hybridized carbons (Fsp3) is 0.273. The number of thiophene rings is 1. The van der Waals surface area contributed by atoms with Crippen LogP contribution in [0.25, 0.3) is 0 Å². The van der Waals surface area contributed by atoms with Crippen LogP contribution in [0.1, 0.15) is 10.4 Å². The molecule has 0 fully saturated rings. The standard InChI is InChI=1S/C11H14ClN5S/c1-7-10(15-6-16-11(7)17-13)14-5-4-8-2-3-9(12)18-8/h2-3,6H,4-5,13H2,1H3,(H2,14,15,16,17). The SMILES string of the molecule is Cc1c(NN)ncnc1NCCc1ccc(Cl)s1. The topological polar surface area (TPSA) is 75.9 Å². The lowest BCUT2D eigenvalue weighted by Gasteiger charge is -2.10. The number of rotatable bonds is 5. The molecule has 0 spiro atoms. The van der Waals surface area contributed by atoms with E-state index in [1.807, 2.05) is 19.1 Å². The molecule has 0 bridgehead atoms. The number of anilines is 2. The Balaban J connectivity index is 1.94. The number of nitrogens with one attached hydrogen (secondary N) is 2. The Morgan fingerprint density at radius 2 is 2.11 bits per heavy atom. The molecule has 2 aromatic rings. The number of hydrogen-bond donors (Lipinski definition) is 3. The first-order valence-electron chi connectivity index (χ1n) is 5.47. The molecular weight excluding hydrogens is 270 g/mol. The summed E-state index contributed by atoms with van der Waals surface area (Å²) in [6.45, 7) is 2.71. The van der Waals surface area contributed by atoms with E-state index in [4.69, 9.17) is 17.4 Å². The zero-order chi connectivity index (χ0) is 13.0. The van der Waals surface area contributed by atoms with Gasteiger partial charge in [0.1, 0.15) is 18.0 Å². The first-order valence-corrected chi connectivity index (χ1v) is 6.66. The van der Waals surface area contributed by atoms with Gasteiger partial charge in [-0.3, -0.25) is 0 Å². The van der Waals surface area contributed by atoms with E-state index < -0.39 is 0 Å². The molecule has 0 saturated carbocycles. The highest BCUT2D eigenvalue weighted by molar-refractivity contribution is 7.16. The maximum absolute atomic E-state index is 5.88. The molecule has 0 aliphatic rings. The van der Waals surface area contributed by atoms with Crippen molar-refractivity contribution in [3.8, 4) is 0 Å². The van der Waals surface area contributed by atoms with Gasteiger partial charge in [0.05, 0.1) is 4.34 Å². The lowest BCUT2D eigenvalue weighted by atomic mass is 10.3. The van der Waals surface area contributed by atoms with Gasteiger partial charge in [0, 0.05) is 17.0 Å². The van der Waals surface area contributed by atoms with Gasteiger partial charge >= 0.3 is 0 Å². The summed E-state index contributed by atoms with van der Waals surface area (Å²) in [6.07, 6.45) is 2.39. The number of hydrogen-bond acceptors (Lipinski definition) is 6. The lowest BCUT2D eigenvalue weighted by Crippen LogP contribution is -2.13. The summed E-state index contributed by atoms with van der Waals surface area (Å²) in [5, 5.41) is 3.26. The second-order valence-corrected chi connectivity index (χ2v) is 5.52. The van der Waals surface area contributed by atoms with Gasteiger partial charge in [-0.15, -0.1) is 11.3 Å². The van der Waals surface area contributed by atoms with Gasteiger partial charge in [0.15, 0.2) is 0 Å². The zero-order valence-corrected chi connectivity index (χ0v) is 11.5. The van der Waals surface area contributed by atoms with Gasteiger partial charge in [-0.2, -0.15) is 0 Å². The van der Waals surface area contributed by atoms with Crippen LogP contribution in [-0.4, -0.2) is 16.5 Å². The van der Waals surface area contributed by atoms with Crippen LogP contribution < -0.4 is 16.6 Å². The minimum atomic E-state index is 0.631. The maximum Gasteiger partial charge on any atom is 0.148 e. The number of nitrogens with two attached hydrogens (primary N) is 1. The Morgan fingerprint density at radius 3 is 2.78 bits per heavy atom. The number of halogens is 1. The predicted octanol–water partition coefficient (Wildman–Crippen LogP) is 2.44. The van der Waals surface area contributed by atoms with Crippen molar-refractivity contribution in [1.82, 2.24) is 9.97 Å². The summed E-state index contributed by atoms with van der Waals surface area (Å²) >= 11 is 7.47. The van der Waals surface area contributed by atoms with Crippen molar-refractivity contribution in [1.29, 1.82) is 0 Å². The summed E-state index contributed by atoms with van der Waals surface area (Å²) in [7, 11) is 0. The minimum absolute atomic E-state index is 0.631. The fourth-order valence-corrected chi connectivity index (χ4v) is 2.65. The van der Waals surface area contributed by atoms with E-state index in [0.717, 1.165) is 28.7 Å². The van der Waals surface area contributed by atoms with Crippen LogP contribution in [0.2, 0.25) is 4.34 Å². The molecule has 4 N–H and O–H groups in total. The highest BCUT2D eigenvalue weighted by Gasteiger charge is 2.05. The third-order valence-electron chi connectivity index (χ3n) is 2.51. The van der Waals surface area contributed by atoms with Crippen molar-refractivity contribution in [2.75, 3.05) is 17.3 Å². The molecule has 0 unspecified atom stereocenters. The van der Waals surface area contributed by atoms with Crippen LogP contribution in [0.15, 0.2) is 18.5 Å². The van der Waals surface area contributed by atoms with Gasteiger partial charge in [0.2, 0.25) is 0 Å². The van der Waals surface area contributed by atoms with Crippen molar-refractivity contribution in [3.05, 3.63) is 33.2 Å². The molecule has 0 radical (unpaired) electrons. The van der Waals surface area contributed by atoms with Crippen LogP contribution in [0.3, 0.4) is 0 Å². The Bertz CT molecular complexity index is 528. The molecular formula is C11H14ClN5S. The molecule has 96 valence electrons. The average molecular weight is 284 g/mol. The van der Waals surface area contributed by atoms with Gasteiger partial charge in [-0.25, -0.2) is 15.8 Å². The maximum atomic E-state index is 5.88. The molecule has 0 aromatic carbocycles. The molecule has 0 atom stereocenters. The molecule has 0 aliphatic heterocycles. The molecule has 2 aromatic heterocycles. The summed E-state index contributed by atoms with van der Waals surface area (Å²) in [6, 6.07) is 3.95. The fourth-order valence-electron chi connectivity index (χ4n) is 1.56. The van der Waals surface area contributed by atoms with Crippen molar-refractivity contribution < 1.29 is 0 Å². The Kier molecular flexibility index (Phi) is 4.35. The molecule has 18 heavy (non-hydrogen) atoms. The molecule has 2 rings (SSSR count). The smallest absolute Gasteiger partial charge is 0.148 e. The van der Waals surface area contributed by atoms with E-state index in [-0.39, 0.29) is 0 Å². The Morgan fingerprint density at radius 1 is 1.33 bits per heavy atom. The van der Waals surface area contributed by atoms with Crippen molar-refractivity contribution in [2.45, 2.75) is 13.3 Å². The summed E-state index contributed by atoms with van der Waals surface area (Å²) in [4.78, 5) is 9.45. The van der Waals surface area contributed by atoms with E-state index in [9.17, 15) is 0 Å². The number of aromatic nitrogens is 2. The van der Waals surface area contributed by atoms with E-state index in [2.05, 4.69) is 20.7 Å². The molecule has 0 saturated heterocycles. The van der Waals surface area contributed by atoms with Crippen LogP contribution in [-0.2, 0) is 6.42 Å². The molecule has 2 heterocycles. The molecule has 7 heteroatoms. The van der Waals surface area contributed by atoms with Gasteiger partial charge in [-0.1, -0.05) is 11.6 Å². The Hall–Kier alpha value is -1.37. The highest BCUT2D eigenvalue weighted by Crippen LogP contribution is 2.22. The van der Waals surface area contributed by atoms with Gasteiger partial charge < -0.3 is 10.7 Å². The van der Waals surface area contributed by atoms with Crippen LogP contribution in [0.4, 0.5) is 11.6 Å². The predicted molar refractivity (Wildman–Crippen MR) is 76.1 cm³/mol. The minimum Gasteiger partial charge on any atom is -0.369 e. The van der Waals surface area contributed by atoms with Crippen LogP contribution in [0, 0.1) is 6.92 Å². The summed E-state index contributed by atoms with van der Waals surface area (Å²) in [5.41, 5.74) is 3.45. The Labute approximate surface area is 114 Å². The number of nitrogens with zero attached hydrogens (tertiary/aromatic N) is 2. The van der Waals surface area contributed by atoms with Crippen LogP contribution in [0.5, 0.6) is 0 Å². The summed E-state index contributed by atoms with van der Waals surface area (Å²) in [5.74, 6) is 6.78. The third-order valence-corrected chi connectivity index (χ3v) is 3.80.